The van der Waals surface area contributed by atoms with Gasteiger partial charge in [0.15, 0.2) is 10.9 Å². The molecule has 0 amide bonds. The van der Waals surface area contributed by atoms with Gasteiger partial charge in [0, 0.05) is 41.8 Å². The molecule has 1 aromatic carbocycles. The van der Waals surface area contributed by atoms with E-state index in [1.165, 1.54) is 36.0 Å². The van der Waals surface area contributed by atoms with E-state index in [1.807, 2.05) is 5.38 Å². The number of aliphatic imine (C=N–C) groups is 1. The molecule has 7 nitrogen and oxygen atoms in total. The molecule has 1 N–H and O–H groups in total. The van der Waals surface area contributed by atoms with E-state index in [9.17, 15) is 9.18 Å². The Morgan fingerprint density at radius 2 is 1.95 bits per heavy atom. The second-order valence-electron chi connectivity index (χ2n) is 10.1. The molecule has 3 aromatic rings. The first-order valence-corrected chi connectivity index (χ1v) is 14.6. The van der Waals surface area contributed by atoms with Gasteiger partial charge in [0.2, 0.25) is 0 Å². The fourth-order valence-corrected chi connectivity index (χ4v) is 5.54. The van der Waals surface area contributed by atoms with Crippen molar-refractivity contribution >= 4 is 45.3 Å². The van der Waals surface area contributed by atoms with Crippen molar-refractivity contribution in [3.8, 4) is 17.1 Å². The number of carbonyl (C=O) groups excluding carboxylic acids is 1. The number of halogens is 2. The molecule has 0 saturated carbocycles. The molecule has 0 bridgehead atoms. The topological polar surface area (TPSA) is 79.7 Å². The van der Waals surface area contributed by atoms with Crippen molar-refractivity contribution in [1.29, 1.82) is 0 Å². The summed E-state index contributed by atoms with van der Waals surface area (Å²) in [5, 5.41) is 6.14. The molecule has 0 spiro atoms. The van der Waals surface area contributed by atoms with Crippen LogP contribution in [0.15, 0.2) is 40.8 Å². The second kappa shape index (κ2) is 13.5. The van der Waals surface area contributed by atoms with Crippen molar-refractivity contribution in [2.45, 2.75) is 65.5 Å². The molecule has 1 aliphatic heterocycles. The van der Waals surface area contributed by atoms with Crippen molar-refractivity contribution in [2.24, 2.45) is 4.99 Å². The molecule has 4 rings (SSSR count). The number of aromatic nitrogens is 2. The Balaban J connectivity index is 1.36. The third-order valence-corrected chi connectivity index (χ3v) is 7.69. The van der Waals surface area contributed by atoms with Gasteiger partial charge in [0.25, 0.3) is 0 Å². The lowest BCUT2D eigenvalue weighted by molar-refractivity contribution is 0.0998. The first-order chi connectivity index (χ1) is 18.7. The lowest BCUT2D eigenvalue weighted by Crippen LogP contribution is -2.37. The average molecular weight is 572 g/mol. The first kappa shape index (κ1) is 29.1. The van der Waals surface area contributed by atoms with Crippen LogP contribution in [-0.4, -0.2) is 58.1 Å². The fourth-order valence-electron chi connectivity index (χ4n) is 4.64. The van der Waals surface area contributed by atoms with Crippen molar-refractivity contribution in [3.05, 3.63) is 52.2 Å². The minimum Gasteiger partial charge on any atom is -0.488 e. The highest BCUT2D eigenvalue weighted by Crippen LogP contribution is 2.36. The summed E-state index contributed by atoms with van der Waals surface area (Å²) in [6.45, 7) is 11.0. The number of nitrogens with zero attached hydrogens (tertiary/aromatic N) is 4. The molecular formula is C29H35ClFN5O2S. The summed E-state index contributed by atoms with van der Waals surface area (Å²) in [6.07, 6.45) is 5.16. The summed E-state index contributed by atoms with van der Waals surface area (Å²) in [6, 6.07) is 6.94. The normalized spacial score (nSPS) is 13.3. The van der Waals surface area contributed by atoms with Gasteiger partial charge in [-0.25, -0.2) is 9.37 Å². The predicted octanol–water partition coefficient (Wildman–Crippen LogP) is 7.44. The van der Waals surface area contributed by atoms with Crippen molar-refractivity contribution in [2.75, 3.05) is 25.0 Å². The molecule has 2 aromatic heterocycles. The number of benzene rings is 1. The van der Waals surface area contributed by atoms with E-state index in [0.717, 1.165) is 31.1 Å². The van der Waals surface area contributed by atoms with Gasteiger partial charge in [-0.1, -0.05) is 18.0 Å². The van der Waals surface area contributed by atoms with Gasteiger partial charge < -0.3 is 10.1 Å². The van der Waals surface area contributed by atoms with Crippen LogP contribution in [0.2, 0.25) is 5.02 Å². The van der Waals surface area contributed by atoms with E-state index in [4.69, 9.17) is 26.3 Å². The summed E-state index contributed by atoms with van der Waals surface area (Å²) in [4.78, 5) is 29.3. The molecule has 3 heterocycles. The number of carbonyl (C=O) groups is 1. The monoisotopic (exact) mass is 571 g/mol. The number of Topliss-reactive ketones (excluding diaryl/α,β-unsaturated/α-hetero) is 1. The molecule has 1 aliphatic rings. The van der Waals surface area contributed by atoms with Crippen LogP contribution in [0.25, 0.3) is 11.4 Å². The molecule has 0 radical (unpaired) electrons. The number of unbranched alkanes of at least 4 members (excludes halogenated alkanes) is 2. The maximum Gasteiger partial charge on any atom is 0.183 e. The number of anilines is 1. The van der Waals surface area contributed by atoms with Crippen LogP contribution in [-0.2, 0) is 0 Å². The molecular weight excluding hydrogens is 537 g/mol. The van der Waals surface area contributed by atoms with Gasteiger partial charge >= 0.3 is 0 Å². The summed E-state index contributed by atoms with van der Waals surface area (Å²) in [7, 11) is 0. The number of thiazole rings is 1. The summed E-state index contributed by atoms with van der Waals surface area (Å²) < 4.78 is 19.2. The number of ether oxygens (including phenoxy) is 1. The van der Waals surface area contributed by atoms with E-state index in [-0.39, 0.29) is 23.8 Å². The van der Waals surface area contributed by atoms with Crippen LogP contribution >= 0.6 is 22.9 Å². The van der Waals surface area contributed by atoms with E-state index >= 15 is 0 Å². The fraction of sp³-hybridized carbons (Fsp3) is 0.448. The Labute approximate surface area is 238 Å². The third kappa shape index (κ3) is 7.62. The molecule has 39 heavy (non-hydrogen) atoms. The Morgan fingerprint density at radius 1 is 1.15 bits per heavy atom. The number of fused-ring (bicyclic) bond motifs is 1. The zero-order valence-electron chi connectivity index (χ0n) is 22.8. The number of nitrogens with one attached hydrogen (secondary N) is 1. The lowest BCUT2D eigenvalue weighted by Gasteiger charge is -2.30. The van der Waals surface area contributed by atoms with E-state index in [0.29, 0.717) is 46.2 Å². The molecule has 10 heteroatoms. The zero-order chi connectivity index (χ0) is 27.9. The van der Waals surface area contributed by atoms with Gasteiger partial charge in [-0.15, -0.1) is 11.3 Å². The highest BCUT2D eigenvalue weighted by atomic mass is 35.5. The smallest absolute Gasteiger partial charge is 0.183 e. The van der Waals surface area contributed by atoms with Gasteiger partial charge in [-0.3, -0.25) is 19.7 Å². The SMILES string of the molecule is CC(C)N(CCCCCNc1nc(-c2nccc3c2N=C(COc2ccc(F)c(Cl)c2)CC3=O)cs1)C(C)C. The third-order valence-electron chi connectivity index (χ3n) is 6.60. The number of rotatable bonds is 13. The highest BCUT2D eigenvalue weighted by Gasteiger charge is 2.25. The van der Waals surface area contributed by atoms with E-state index in [2.05, 4.69) is 42.9 Å². The summed E-state index contributed by atoms with van der Waals surface area (Å²) in [5.41, 5.74) is 2.82. The maximum absolute atomic E-state index is 13.4. The van der Waals surface area contributed by atoms with Crippen molar-refractivity contribution in [1.82, 2.24) is 14.9 Å². The van der Waals surface area contributed by atoms with E-state index in [1.54, 1.807) is 12.3 Å². The first-order valence-electron chi connectivity index (χ1n) is 13.3. The van der Waals surface area contributed by atoms with Crippen LogP contribution < -0.4 is 10.1 Å². The zero-order valence-corrected chi connectivity index (χ0v) is 24.4. The number of pyridine rings is 1. The van der Waals surface area contributed by atoms with Gasteiger partial charge in [0.05, 0.1) is 17.2 Å². The molecule has 0 fully saturated rings. The Kier molecular flexibility index (Phi) is 10.0. The van der Waals surface area contributed by atoms with Crippen LogP contribution in [0.1, 0.15) is 63.7 Å². The van der Waals surface area contributed by atoms with Crippen molar-refractivity contribution in [3.63, 3.8) is 0 Å². The minimum atomic E-state index is -0.518. The van der Waals surface area contributed by atoms with Crippen molar-refractivity contribution < 1.29 is 13.9 Å². The maximum atomic E-state index is 13.4. The van der Waals surface area contributed by atoms with Crippen LogP contribution in [0, 0.1) is 5.82 Å². The quantitative estimate of drug-likeness (QED) is 0.215. The van der Waals surface area contributed by atoms with Gasteiger partial charge in [-0.2, -0.15) is 0 Å². The lowest BCUT2D eigenvalue weighted by atomic mass is 9.99. The molecule has 208 valence electrons. The Bertz CT molecular complexity index is 1320. The standard InChI is InChI=1S/C29H35ClFN5O2S/c1-18(2)36(19(3)4)13-7-5-6-11-33-29-35-25(17-39-29)28-27-22(10-12-32-28)26(37)14-20(34-27)16-38-21-8-9-24(31)23(30)15-21/h8-10,12,15,17-19H,5-7,11,13-14,16H2,1-4H3,(H,33,35). The average Bonchev–Trinajstić information content (AvgIpc) is 3.37. The Hall–Kier alpha value is -2.88. The largest absolute Gasteiger partial charge is 0.488 e. The number of hydrogen-bond acceptors (Lipinski definition) is 8. The number of ketones is 1. The van der Waals surface area contributed by atoms with Crippen LogP contribution in [0.3, 0.4) is 0 Å². The molecule has 0 aliphatic carbocycles. The van der Waals surface area contributed by atoms with Gasteiger partial charge in [-0.05, 0) is 65.3 Å². The molecule has 0 saturated heterocycles. The van der Waals surface area contributed by atoms with E-state index < -0.39 is 5.82 Å². The Morgan fingerprint density at radius 3 is 2.69 bits per heavy atom. The predicted molar refractivity (Wildman–Crippen MR) is 158 cm³/mol. The summed E-state index contributed by atoms with van der Waals surface area (Å²) >= 11 is 7.35. The minimum absolute atomic E-state index is 0.0252. The van der Waals surface area contributed by atoms with Gasteiger partial charge in [0.1, 0.15) is 35.2 Å². The second-order valence-corrected chi connectivity index (χ2v) is 11.4. The molecule has 0 atom stereocenters. The molecule has 0 unspecified atom stereocenters. The van der Waals surface area contributed by atoms with Crippen LogP contribution in [0.5, 0.6) is 5.75 Å². The highest BCUT2D eigenvalue weighted by molar-refractivity contribution is 7.14. The van der Waals surface area contributed by atoms with Crippen LogP contribution in [0.4, 0.5) is 15.2 Å². The summed E-state index contributed by atoms with van der Waals surface area (Å²) in [5.74, 6) is -0.168. The number of hydrogen-bond donors (Lipinski definition) is 1.